The molecule has 0 aliphatic heterocycles. The van der Waals surface area contributed by atoms with Crippen LogP contribution in [0.5, 0.6) is 0 Å². The Morgan fingerprint density at radius 3 is 2.68 bits per heavy atom. The molecule has 4 heteroatoms. The van der Waals surface area contributed by atoms with Crippen LogP contribution in [-0.4, -0.2) is 5.91 Å². The number of carbonyl (C=O) groups excluding carboxylic acids is 1. The quantitative estimate of drug-likeness (QED) is 0.891. The molecule has 0 heterocycles. The molecule has 1 amide bonds. The fourth-order valence-corrected chi connectivity index (χ4v) is 2.22. The minimum Gasteiger partial charge on any atom is -0.322 e. The van der Waals surface area contributed by atoms with Crippen molar-refractivity contribution >= 4 is 27.5 Å². The molecule has 1 N–H and O–H groups in total. The molecule has 0 fully saturated rings. The van der Waals surface area contributed by atoms with E-state index in [1.807, 2.05) is 25.1 Å². The molecule has 0 spiro atoms. The highest BCUT2D eigenvalue weighted by molar-refractivity contribution is 9.10. The smallest absolute Gasteiger partial charge is 0.258 e. The van der Waals surface area contributed by atoms with E-state index in [2.05, 4.69) is 21.2 Å². The van der Waals surface area contributed by atoms with Crippen LogP contribution in [0.25, 0.3) is 0 Å². The zero-order valence-corrected chi connectivity index (χ0v) is 12.0. The number of hydrogen-bond acceptors (Lipinski definition) is 1. The van der Waals surface area contributed by atoms with Gasteiger partial charge in [0.1, 0.15) is 5.82 Å². The van der Waals surface area contributed by atoms with Crippen molar-refractivity contribution in [1.82, 2.24) is 0 Å². The molecule has 98 valence electrons. The van der Waals surface area contributed by atoms with Crippen molar-refractivity contribution in [3.8, 4) is 0 Å². The highest BCUT2D eigenvalue weighted by Crippen LogP contribution is 2.22. The first-order valence-corrected chi connectivity index (χ1v) is 6.75. The van der Waals surface area contributed by atoms with E-state index in [1.54, 1.807) is 12.1 Å². The van der Waals surface area contributed by atoms with Crippen LogP contribution in [0.3, 0.4) is 0 Å². The van der Waals surface area contributed by atoms with Gasteiger partial charge in [-0.3, -0.25) is 4.79 Å². The molecule has 0 radical (unpaired) electrons. The van der Waals surface area contributed by atoms with Crippen molar-refractivity contribution < 1.29 is 9.18 Å². The van der Waals surface area contributed by atoms with E-state index in [0.717, 1.165) is 16.5 Å². The Labute approximate surface area is 119 Å². The van der Waals surface area contributed by atoms with E-state index in [-0.39, 0.29) is 5.56 Å². The van der Waals surface area contributed by atoms with Gasteiger partial charge in [0.2, 0.25) is 0 Å². The lowest BCUT2D eigenvalue weighted by atomic mass is 10.1. The lowest BCUT2D eigenvalue weighted by Gasteiger charge is -2.10. The zero-order chi connectivity index (χ0) is 13.8. The maximum absolute atomic E-state index is 13.5. The van der Waals surface area contributed by atoms with Crippen LogP contribution in [-0.2, 0) is 6.42 Å². The van der Waals surface area contributed by atoms with E-state index >= 15 is 0 Å². The van der Waals surface area contributed by atoms with Crippen molar-refractivity contribution in [3.05, 3.63) is 63.9 Å². The first-order valence-electron chi connectivity index (χ1n) is 5.96. The van der Waals surface area contributed by atoms with Crippen LogP contribution >= 0.6 is 15.9 Å². The number of halogens is 2. The summed E-state index contributed by atoms with van der Waals surface area (Å²) >= 11 is 3.39. The molecule has 0 bridgehead atoms. The van der Waals surface area contributed by atoms with Gasteiger partial charge in [0.05, 0.1) is 5.56 Å². The van der Waals surface area contributed by atoms with Crippen molar-refractivity contribution in [2.24, 2.45) is 0 Å². The minimum atomic E-state index is -0.518. The summed E-state index contributed by atoms with van der Waals surface area (Å²) in [5.74, 6) is -0.953. The third-order valence-electron chi connectivity index (χ3n) is 2.81. The van der Waals surface area contributed by atoms with E-state index in [0.29, 0.717) is 5.69 Å². The van der Waals surface area contributed by atoms with Gasteiger partial charge in [0.25, 0.3) is 5.91 Å². The van der Waals surface area contributed by atoms with Gasteiger partial charge in [0, 0.05) is 10.2 Å². The molecular formula is C15H13BrFNO. The molecule has 0 unspecified atom stereocenters. The summed E-state index contributed by atoms with van der Waals surface area (Å²) in [6, 6.07) is 11.5. The lowest BCUT2D eigenvalue weighted by molar-refractivity contribution is 0.102. The first-order chi connectivity index (χ1) is 9.11. The number of amides is 1. The maximum Gasteiger partial charge on any atom is 0.258 e. The summed E-state index contributed by atoms with van der Waals surface area (Å²) in [4.78, 5) is 12.0. The van der Waals surface area contributed by atoms with Crippen LogP contribution in [0.2, 0.25) is 0 Å². The normalized spacial score (nSPS) is 10.3. The van der Waals surface area contributed by atoms with Gasteiger partial charge in [-0.1, -0.05) is 35.0 Å². The van der Waals surface area contributed by atoms with Crippen molar-refractivity contribution in [3.63, 3.8) is 0 Å². The zero-order valence-electron chi connectivity index (χ0n) is 10.4. The van der Waals surface area contributed by atoms with E-state index in [1.165, 1.54) is 12.1 Å². The number of carbonyl (C=O) groups is 1. The van der Waals surface area contributed by atoms with Gasteiger partial charge in [-0.25, -0.2) is 4.39 Å². The number of benzene rings is 2. The molecular weight excluding hydrogens is 309 g/mol. The number of nitrogens with one attached hydrogen (secondary N) is 1. The molecule has 2 aromatic rings. The van der Waals surface area contributed by atoms with Gasteiger partial charge < -0.3 is 5.32 Å². The maximum atomic E-state index is 13.5. The summed E-state index contributed by atoms with van der Waals surface area (Å²) in [6.07, 6.45) is 0.784. The molecule has 0 aliphatic carbocycles. The SMILES string of the molecule is CCc1cc(Br)ccc1NC(=O)c1ccccc1F. The Kier molecular flexibility index (Phi) is 4.32. The molecule has 0 aliphatic rings. The van der Waals surface area contributed by atoms with Crippen molar-refractivity contribution in [2.75, 3.05) is 5.32 Å². The molecule has 0 aromatic heterocycles. The number of aryl methyl sites for hydroxylation is 1. The molecule has 2 aromatic carbocycles. The largest absolute Gasteiger partial charge is 0.322 e. The summed E-state index contributed by atoms with van der Waals surface area (Å²) in [7, 11) is 0. The van der Waals surface area contributed by atoms with Crippen LogP contribution in [0.1, 0.15) is 22.8 Å². The van der Waals surface area contributed by atoms with Crippen LogP contribution in [0.15, 0.2) is 46.9 Å². The molecule has 19 heavy (non-hydrogen) atoms. The summed E-state index contributed by atoms with van der Waals surface area (Å²) < 4.78 is 14.5. The average molecular weight is 322 g/mol. The highest BCUT2D eigenvalue weighted by atomic mass is 79.9. The first kappa shape index (κ1) is 13.7. The molecule has 2 rings (SSSR count). The van der Waals surface area contributed by atoms with Gasteiger partial charge >= 0.3 is 0 Å². The van der Waals surface area contributed by atoms with Gasteiger partial charge in [-0.15, -0.1) is 0 Å². The molecule has 0 saturated heterocycles. The monoisotopic (exact) mass is 321 g/mol. The standard InChI is InChI=1S/C15H13BrFNO/c1-2-10-9-11(16)7-8-14(10)18-15(19)12-5-3-4-6-13(12)17/h3-9H,2H2,1H3,(H,18,19). The third kappa shape index (κ3) is 3.20. The average Bonchev–Trinajstić information content (AvgIpc) is 2.41. The molecule has 0 atom stereocenters. The van der Waals surface area contributed by atoms with Gasteiger partial charge in [-0.2, -0.15) is 0 Å². The number of anilines is 1. The molecule has 2 nitrogen and oxygen atoms in total. The summed E-state index contributed by atoms with van der Waals surface area (Å²) in [6.45, 7) is 2.00. The Morgan fingerprint density at radius 2 is 2.00 bits per heavy atom. The predicted octanol–water partition coefficient (Wildman–Crippen LogP) is 4.40. The van der Waals surface area contributed by atoms with Crippen molar-refractivity contribution in [2.45, 2.75) is 13.3 Å². The topological polar surface area (TPSA) is 29.1 Å². The Bertz CT molecular complexity index is 613. The van der Waals surface area contributed by atoms with Crippen LogP contribution in [0.4, 0.5) is 10.1 Å². The van der Waals surface area contributed by atoms with Gasteiger partial charge in [-0.05, 0) is 42.3 Å². The van der Waals surface area contributed by atoms with Crippen molar-refractivity contribution in [1.29, 1.82) is 0 Å². The fraction of sp³-hybridized carbons (Fsp3) is 0.133. The van der Waals surface area contributed by atoms with E-state index in [4.69, 9.17) is 0 Å². The second-order valence-corrected chi connectivity index (χ2v) is 5.00. The lowest BCUT2D eigenvalue weighted by Crippen LogP contribution is -2.14. The predicted molar refractivity (Wildman–Crippen MR) is 77.9 cm³/mol. The van der Waals surface area contributed by atoms with Crippen LogP contribution < -0.4 is 5.32 Å². The summed E-state index contributed by atoms with van der Waals surface area (Å²) in [5.41, 5.74) is 1.76. The minimum absolute atomic E-state index is 0.0486. The van der Waals surface area contributed by atoms with E-state index < -0.39 is 11.7 Å². The second kappa shape index (κ2) is 5.97. The Balaban J connectivity index is 2.27. The van der Waals surface area contributed by atoms with E-state index in [9.17, 15) is 9.18 Å². The van der Waals surface area contributed by atoms with Gasteiger partial charge in [0.15, 0.2) is 0 Å². The third-order valence-corrected chi connectivity index (χ3v) is 3.31. The Hall–Kier alpha value is -1.68. The Morgan fingerprint density at radius 1 is 1.26 bits per heavy atom. The fourth-order valence-electron chi connectivity index (χ4n) is 1.81. The summed E-state index contributed by atoms with van der Waals surface area (Å²) in [5, 5.41) is 2.75. The highest BCUT2D eigenvalue weighted by Gasteiger charge is 2.12. The number of rotatable bonds is 3. The second-order valence-electron chi connectivity index (χ2n) is 4.09. The molecule has 0 saturated carbocycles. The van der Waals surface area contributed by atoms with Crippen LogP contribution in [0, 0.1) is 5.82 Å². The number of hydrogen-bond donors (Lipinski definition) is 1.